The third-order valence-corrected chi connectivity index (χ3v) is 5.24. The van der Waals surface area contributed by atoms with E-state index in [1.165, 1.54) is 18.2 Å². The third-order valence-electron chi connectivity index (χ3n) is 3.08. The van der Waals surface area contributed by atoms with Gasteiger partial charge >= 0.3 is 5.97 Å². The Balaban J connectivity index is 2.18. The zero-order valence-electron chi connectivity index (χ0n) is 10.5. The SMILES string of the molecule is O=C(O)c1ccc(NS(=O)(=O)C2CCOCC2)c(Cl)c1. The van der Waals surface area contributed by atoms with Crippen LogP contribution in [-0.2, 0) is 14.8 Å². The molecule has 2 N–H and O–H groups in total. The number of ether oxygens (including phenoxy) is 1. The van der Waals surface area contributed by atoms with Crippen LogP contribution in [0.5, 0.6) is 0 Å². The monoisotopic (exact) mass is 319 g/mol. The molecule has 1 heterocycles. The molecular weight excluding hydrogens is 306 g/mol. The van der Waals surface area contributed by atoms with E-state index in [-0.39, 0.29) is 16.3 Å². The van der Waals surface area contributed by atoms with Crippen molar-refractivity contribution in [2.45, 2.75) is 18.1 Å². The van der Waals surface area contributed by atoms with E-state index in [9.17, 15) is 13.2 Å². The normalized spacial score (nSPS) is 16.9. The van der Waals surface area contributed by atoms with Crippen LogP contribution in [0.15, 0.2) is 18.2 Å². The average Bonchev–Trinajstić information content (AvgIpc) is 2.41. The molecule has 0 aromatic heterocycles. The minimum Gasteiger partial charge on any atom is -0.478 e. The number of carboxylic acid groups (broad SMARTS) is 1. The number of benzene rings is 1. The van der Waals surface area contributed by atoms with Gasteiger partial charge in [0.2, 0.25) is 10.0 Å². The number of sulfonamides is 1. The first-order valence-corrected chi connectivity index (χ1v) is 7.95. The molecule has 1 fully saturated rings. The van der Waals surface area contributed by atoms with Crippen molar-refractivity contribution in [1.82, 2.24) is 0 Å². The molecular formula is C12H14ClNO5S. The van der Waals surface area contributed by atoms with Crippen molar-refractivity contribution in [3.8, 4) is 0 Å². The first kappa shape index (κ1) is 15.1. The second-order valence-electron chi connectivity index (χ2n) is 4.46. The van der Waals surface area contributed by atoms with Crippen LogP contribution in [0, 0.1) is 0 Å². The van der Waals surface area contributed by atoms with E-state index in [1.807, 2.05) is 0 Å². The van der Waals surface area contributed by atoms with Crippen molar-refractivity contribution in [3.05, 3.63) is 28.8 Å². The van der Waals surface area contributed by atoms with Crippen LogP contribution in [0.3, 0.4) is 0 Å². The number of halogens is 1. The van der Waals surface area contributed by atoms with Crippen molar-refractivity contribution >= 4 is 33.3 Å². The fraction of sp³-hybridized carbons (Fsp3) is 0.417. The maximum absolute atomic E-state index is 12.2. The Morgan fingerprint density at radius 3 is 2.55 bits per heavy atom. The molecule has 8 heteroatoms. The summed E-state index contributed by atoms with van der Waals surface area (Å²) in [6.07, 6.45) is 0.861. The van der Waals surface area contributed by atoms with E-state index in [1.54, 1.807) is 0 Å². The Labute approximate surface area is 121 Å². The lowest BCUT2D eigenvalue weighted by molar-refractivity contribution is 0.0697. The molecule has 0 bridgehead atoms. The number of carboxylic acids is 1. The maximum Gasteiger partial charge on any atom is 0.335 e. The van der Waals surface area contributed by atoms with Gasteiger partial charge in [0, 0.05) is 13.2 Å². The minimum absolute atomic E-state index is 0.00372. The lowest BCUT2D eigenvalue weighted by Gasteiger charge is -2.23. The zero-order chi connectivity index (χ0) is 14.8. The minimum atomic E-state index is -3.55. The highest BCUT2D eigenvalue weighted by Gasteiger charge is 2.28. The summed E-state index contributed by atoms with van der Waals surface area (Å²) in [5, 5.41) is 8.36. The van der Waals surface area contributed by atoms with Crippen molar-refractivity contribution in [2.75, 3.05) is 17.9 Å². The van der Waals surface area contributed by atoms with Crippen LogP contribution in [-0.4, -0.2) is 38.0 Å². The van der Waals surface area contributed by atoms with Crippen LogP contribution in [0.25, 0.3) is 0 Å². The number of rotatable bonds is 4. The summed E-state index contributed by atoms with van der Waals surface area (Å²) < 4.78 is 31.9. The van der Waals surface area contributed by atoms with E-state index in [2.05, 4.69) is 4.72 Å². The lowest BCUT2D eigenvalue weighted by atomic mass is 10.2. The Morgan fingerprint density at radius 2 is 2.00 bits per heavy atom. The summed E-state index contributed by atoms with van der Waals surface area (Å²) in [6, 6.07) is 3.87. The quantitative estimate of drug-likeness (QED) is 0.885. The Kier molecular flexibility index (Phi) is 4.52. The van der Waals surface area contributed by atoms with Gasteiger partial charge in [-0.2, -0.15) is 0 Å². The molecule has 0 amide bonds. The Bertz CT molecular complexity index is 610. The fourth-order valence-corrected chi connectivity index (χ4v) is 3.70. The van der Waals surface area contributed by atoms with Gasteiger partial charge in [-0.3, -0.25) is 4.72 Å². The molecule has 1 aliphatic heterocycles. The van der Waals surface area contributed by atoms with E-state index in [0.717, 1.165) is 0 Å². The molecule has 20 heavy (non-hydrogen) atoms. The van der Waals surface area contributed by atoms with Crippen LogP contribution < -0.4 is 4.72 Å². The van der Waals surface area contributed by atoms with Gasteiger partial charge in [-0.05, 0) is 31.0 Å². The number of hydrogen-bond acceptors (Lipinski definition) is 4. The van der Waals surface area contributed by atoms with E-state index in [0.29, 0.717) is 26.1 Å². The van der Waals surface area contributed by atoms with E-state index < -0.39 is 21.2 Å². The first-order chi connectivity index (χ1) is 9.40. The average molecular weight is 320 g/mol. The summed E-state index contributed by atoms with van der Waals surface area (Å²) in [5.74, 6) is -1.12. The second-order valence-corrected chi connectivity index (χ2v) is 6.83. The number of carbonyl (C=O) groups is 1. The Hall–Kier alpha value is -1.31. The highest BCUT2D eigenvalue weighted by atomic mass is 35.5. The van der Waals surface area contributed by atoms with Gasteiger partial charge in [0.15, 0.2) is 0 Å². The highest BCUT2D eigenvalue weighted by molar-refractivity contribution is 7.93. The topological polar surface area (TPSA) is 92.7 Å². The van der Waals surface area contributed by atoms with Crippen molar-refractivity contribution in [2.24, 2.45) is 0 Å². The summed E-state index contributed by atoms with van der Waals surface area (Å²) >= 11 is 5.90. The molecule has 0 radical (unpaired) electrons. The van der Waals surface area contributed by atoms with Crippen molar-refractivity contribution in [1.29, 1.82) is 0 Å². The number of nitrogens with one attached hydrogen (secondary N) is 1. The van der Waals surface area contributed by atoms with Gasteiger partial charge < -0.3 is 9.84 Å². The molecule has 1 saturated heterocycles. The molecule has 1 aromatic carbocycles. The maximum atomic E-state index is 12.2. The van der Waals surface area contributed by atoms with Gasteiger partial charge in [-0.25, -0.2) is 13.2 Å². The lowest BCUT2D eigenvalue weighted by Crippen LogP contribution is -2.33. The van der Waals surface area contributed by atoms with Gasteiger partial charge in [-0.15, -0.1) is 0 Å². The molecule has 0 atom stereocenters. The van der Waals surface area contributed by atoms with E-state index >= 15 is 0 Å². The van der Waals surface area contributed by atoms with Crippen LogP contribution in [0.1, 0.15) is 23.2 Å². The molecule has 0 unspecified atom stereocenters. The first-order valence-electron chi connectivity index (χ1n) is 6.02. The summed E-state index contributed by atoms with van der Waals surface area (Å²) in [4.78, 5) is 10.8. The molecule has 1 aromatic rings. The second kappa shape index (κ2) is 5.99. The molecule has 0 saturated carbocycles. The van der Waals surface area contributed by atoms with Crippen LogP contribution in [0.2, 0.25) is 5.02 Å². The van der Waals surface area contributed by atoms with Gasteiger partial charge in [0.25, 0.3) is 0 Å². The smallest absolute Gasteiger partial charge is 0.335 e. The number of hydrogen-bond donors (Lipinski definition) is 2. The summed E-state index contributed by atoms with van der Waals surface area (Å²) in [6.45, 7) is 0.828. The van der Waals surface area contributed by atoms with Crippen molar-refractivity contribution in [3.63, 3.8) is 0 Å². The molecule has 1 aliphatic rings. The standard InChI is InChI=1S/C12H14ClNO5S/c13-10-7-8(12(15)16)1-2-11(10)14-20(17,18)9-3-5-19-6-4-9/h1-2,7,9,14H,3-6H2,(H,15,16). The predicted molar refractivity (Wildman–Crippen MR) is 74.8 cm³/mol. The van der Waals surface area contributed by atoms with Crippen LogP contribution >= 0.6 is 11.6 Å². The fourth-order valence-electron chi connectivity index (χ4n) is 1.95. The van der Waals surface area contributed by atoms with Crippen LogP contribution in [0.4, 0.5) is 5.69 Å². The van der Waals surface area contributed by atoms with E-state index in [4.69, 9.17) is 21.4 Å². The third kappa shape index (κ3) is 3.41. The highest BCUT2D eigenvalue weighted by Crippen LogP contribution is 2.26. The molecule has 6 nitrogen and oxygen atoms in total. The number of anilines is 1. The van der Waals surface area contributed by atoms with Gasteiger partial charge in [0.1, 0.15) is 0 Å². The van der Waals surface area contributed by atoms with Gasteiger partial charge in [0.05, 0.1) is 21.5 Å². The summed E-state index contributed by atoms with van der Waals surface area (Å²) in [5.41, 5.74) is 0.187. The molecule has 0 aliphatic carbocycles. The zero-order valence-corrected chi connectivity index (χ0v) is 12.1. The predicted octanol–water partition coefficient (Wildman–Crippen LogP) is 1.96. The van der Waals surface area contributed by atoms with Gasteiger partial charge in [-0.1, -0.05) is 11.6 Å². The summed E-state index contributed by atoms with van der Waals surface area (Å²) in [7, 11) is -3.55. The molecule has 2 rings (SSSR count). The largest absolute Gasteiger partial charge is 0.478 e. The van der Waals surface area contributed by atoms with Crippen molar-refractivity contribution < 1.29 is 23.1 Å². The number of aromatic carboxylic acids is 1. The Morgan fingerprint density at radius 1 is 1.35 bits per heavy atom. The molecule has 0 spiro atoms. The molecule has 110 valence electrons.